The lowest BCUT2D eigenvalue weighted by Gasteiger charge is -2.09. The van der Waals surface area contributed by atoms with E-state index in [9.17, 15) is 13.7 Å². The fraction of sp³-hybridized carbons (Fsp3) is 0. The van der Waals surface area contributed by atoms with Crippen molar-refractivity contribution in [2.45, 2.75) is 4.90 Å². The van der Waals surface area contributed by atoms with Crippen LogP contribution in [0.1, 0.15) is 5.89 Å². The van der Waals surface area contributed by atoms with Crippen molar-refractivity contribution in [3.05, 3.63) is 88.3 Å². The molecule has 4 aromatic rings. The van der Waals surface area contributed by atoms with E-state index in [0.717, 1.165) is 4.47 Å². The molecule has 0 bridgehead atoms. The molecule has 7 nitrogen and oxygen atoms in total. The molecular weight excluding hydrogens is 516 g/mol. The average molecular weight is 530 g/mol. The summed E-state index contributed by atoms with van der Waals surface area (Å²) >= 11 is 9.27. The molecule has 0 aliphatic carbocycles. The van der Waals surface area contributed by atoms with Gasteiger partial charge in [0.05, 0.1) is 4.90 Å². The number of hydrogen-bond acceptors (Lipinski definition) is 6. The third-order valence-electron chi connectivity index (χ3n) is 4.34. The number of nitrogens with one attached hydrogen (secondary N) is 2. The predicted molar refractivity (Wildman–Crippen MR) is 128 cm³/mol. The minimum atomic E-state index is -3.74. The fourth-order valence-electron chi connectivity index (χ4n) is 2.78. The van der Waals surface area contributed by atoms with Crippen LogP contribution in [-0.4, -0.2) is 13.4 Å². The van der Waals surface area contributed by atoms with Gasteiger partial charge in [0, 0.05) is 27.1 Å². The summed E-state index contributed by atoms with van der Waals surface area (Å²) in [6, 6.07) is 19.9. The quantitative estimate of drug-likeness (QED) is 0.296. The van der Waals surface area contributed by atoms with Crippen LogP contribution in [0.3, 0.4) is 0 Å². The minimum Gasteiger partial charge on any atom is -0.435 e. The summed E-state index contributed by atoms with van der Waals surface area (Å²) in [5.74, 6) is 0.148. The Bertz CT molecular complexity index is 1460. The predicted octanol–water partition coefficient (Wildman–Crippen LogP) is 6.02. The standard InChI is InChI=1S/C22H14BrClN4O3S/c23-15-1-4-18(5-2-15)28-32(29,30)19-8-6-17(7-9-19)26-13-14(12-25)22-27-20-11-16(24)3-10-21(20)31-22/h1-11,13,26,28H/b14-13-. The van der Waals surface area contributed by atoms with Gasteiger partial charge in [0.15, 0.2) is 5.58 Å². The zero-order valence-electron chi connectivity index (χ0n) is 16.2. The van der Waals surface area contributed by atoms with Crippen LogP contribution in [0.2, 0.25) is 5.02 Å². The molecule has 0 unspecified atom stereocenters. The first-order valence-corrected chi connectivity index (χ1v) is 11.8. The lowest BCUT2D eigenvalue weighted by Crippen LogP contribution is -2.12. The van der Waals surface area contributed by atoms with Crippen molar-refractivity contribution in [3.8, 4) is 6.07 Å². The van der Waals surface area contributed by atoms with Gasteiger partial charge in [-0.1, -0.05) is 27.5 Å². The first-order chi connectivity index (χ1) is 15.3. The van der Waals surface area contributed by atoms with Crippen LogP contribution in [-0.2, 0) is 10.0 Å². The largest absolute Gasteiger partial charge is 0.435 e. The Morgan fingerprint density at radius 1 is 1.06 bits per heavy atom. The second kappa shape index (κ2) is 9.04. The molecule has 1 heterocycles. The highest BCUT2D eigenvalue weighted by molar-refractivity contribution is 9.10. The molecule has 0 aliphatic rings. The number of sulfonamides is 1. The summed E-state index contributed by atoms with van der Waals surface area (Å²) in [5, 5.41) is 12.9. The topological polar surface area (TPSA) is 108 Å². The Kier molecular flexibility index (Phi) is 6.19. The lowest BCUT2D eigenvalue weighted by atomic mass is 10.3. The van der Waals surface area contributed by atoms with Gasteiger partial charge < -0.3 is 9.73 Å². The molecular formula is C22H14BrClN4O3S. The highest BCUT2D eigenvalue weighted by Crippen LogP contribution is 2.24. The van der Waals surface area contributed by atoms with E-state index in [2.05, 4.69) is 31.0 Å². The van der Waals surface area contributed by atoms with Gasteiger partial charge in [0.25, 0.3) is 10.0 Å². The molecule has 10 heteroatoms. The monoisotopic (exact) mass is 528 g/mol. The van der Waals surface area contributed by atoms with Crippen molar-refractivity contribution >= 4 is 65.6 Å². The van der Waals surface area contributed by atoms with Crippen LogP contribution >= 0.6 is 27.5 Å². The zero-order valence-corrected chi connectivity index (χ0v) is 19.4. The maximum Gasteiger partial charge on any atom is 0.261 e. The molecule has 0 fully saturated rings. The van der Waals surface area contributed by atoms with Crippen LogP contribution in [0.25, 0.3) is 16.7 Å². The molecule has 0 radical (unpaired) electrons. The lowest BCUT2D eigenvalue weighted by molar-refractivity contribution is 0.586. The molecule has 0 saturated heterocycles. The van der Waals surface area contributed by atoms with Crippen LogP contribution < -0.4 is 10.0 Å². The molecule has 0 amide bonds. The second-order valence-electron chi connectivity index (χ2n) is 6.58. The highest BCUT2D eigenvalue weighted by atomic mass is 79.9. The molecule has 0 aliphatic heterocycles. The van der Waals surface area contributed by atoms with Gasteiger partial charge in [-0.25, -0.2) is 13.4 Å². The van der Waals surface area contributed by atoms with E-state index in [1.807, 2.05) is 6.07 Å². The van der Waals surface area contributed by atoms with Crippen LogP contribution in [0.4, 0.5) is 11.4 Å². The third kappa shape index (κ3) is 4.94. The van der Waals surface area contributed by atoms with Gasteiger partial charge in [0.1, 0.15) is 17.2 Å². The third-order valence-corrected chi connectivity index (χ3v) is 6.51. The summed E-state index contributed by atoms with van der Waals surface area (Å²) in [4.78, 5) is 4.38. The number of allylic oxidation sites excluding steroid dienone is 1. The first kappa shape index (κ1) is 21.9. The number of rotatable bonds is 6. The van der Waals surface area contributed by atoms with Gasteiger partial charge in [0.2, 0.25) is 5.89 Å². The van der Waals surface area contributed by atoms with E-state index in [4.69, 9.17) is 16.0 Å². The summed E-state index contributed by atoms with van der Waals surface area (Å²) < 4.78 is 34.1. The molecule has 0 saturated carbocycles. The number of fused-ring (bicyclic) bond motifs is 1. The molecule has 0 spiro atoms. The number of nitriles is 1. The number of anilines is 2. The van der Waals surface area contributed by atoms with Crippen molar-refractivity contribution in [2.75, 3.05) is 10.0 Å². The fourth-order valence-corrected chi connectivity index (χ4v) is 4.26. The Balaban J connectivity index is 1.50. The number of nitrogens with zero attached hydrogens (tertiary/aromatic N) is 2. The molecule has 4 rings (SSSR count). The first-order valence-electron chi connectivity index (χ1n) is 9.16. The molecule has 3 aromatic carbocycles. The van der Waals surface area contributed by atoms with Gasteiger partial charge in [-0.3, -0.25) is 4.72 Å². The van der Waals surface area contributed by atoms with Crippen molar-refractivity contribution in [2.24, 2.45) is 0 Å². The summed E-state index contributed by atoms with van der Waals surface area (Å²) in [5.41, 5.74) is 2.27. The van der Waals surface area contributed by atoms with E-state index >= 15 is 0 Å². The second-order valence-corrected chi connectivity index (χ2v) is 9.62. The zero-order chi connectivity index (χ0) is 22.7. The molecule has 1 aromatic heterocycles. The molecule has 0 atom stereocenters. The number of aromatic nitrogens is 1. The smallest absolute Gasteiger partial charge is 0.261 e. The number of hydrogen-bond donors (Lipinski definition) is 2. The Hall–Kier alpha value is -3.32. The Morgan fingerprint density at radius 2 is 1.75 bits per heavy atom. The Morgan fingerprint density at radius 3 is 2.44 bits per heavy atom. The number of benzene rings is 3. The van der Waals surface area contributed by atoms with Crippen LogP contribution in [0.15, 0.2) is 86.7 Å². The van der Waals surface area contributed by atoms with Crippen LogP contribution in [0.5, 0.6) is 0 Å². The van der Waals surface area contributed by atoms with E-state index in [-0.39, 0.29) is 16.4 Å². The molecule has 2 N–H and O–H groups in total. The van der Waals surface area contributed by atoms with E-state index in [1.54, 1.807) is 54.6 Å². The van der Waals surface area contributed by atoms with Gasteiger partial charge in [-0.2, -0.15) is 5.26 Å². The molecule has 32 heavy (non-hydrogen) atoms. The van der Waals surface area contributed by atoms with Gasteiger partial charge >= 0.3 is 0 Å². The van der Waals surface area contributed by atoms with Crippen molar-refractivity contribution in [1.29, 1.82) is 5.26 Å². The van der Waals surface area contributed by atoms with E-state index in [1.165, 1.54) is 18.3 Å². The maximum absolute atomic E-state index is 12.6. The normalized spacial score (nSPS) is 11.8. The molecule has 160 valence electrons. The SMILES string of the molecule is N#C/C(=C/Nc1ccc(S(=O)(=O)Nc2ccc(Br)cc2)cc1)c1nc2cc(Cl)ccc2o1. The maximum atomic E-state index is 12.6. The highest BCUT2D eigenvalue weighted by Gasteiger charge is 2.14. The van der Waals surface area contributed by atoms with E-state index < -0.39 is 10.0 Å². The van der Waals surface area contributed by atoms with Crippen molar-refractivity contribution in [3.63, 3.8) is 0 Å². The van der Waals surface area contributed by atoms with E-state index in [0.29, 0.717) is 27.5 Å². The Labute approximate surface area is 197 Å². The summed E-state index contributed by atoms with van der Waals surface area (Å²) in [6.07, 6.45) is 1.44. The summed E-state index contributed by atoms with van der Waals surface area (Å²) in [7, 11) is -3.74. The minimum absolute atomic E-state index is 0.103. The average Bonchev–Trinajstić information content (AvgIpc) is 3.19. The number of halogens is 2. The van der Waals surface area contributed by atoms with Crippen molar-refractivity contribution < 1.29 is 12.8 Å². The number of oxazole rings is 1. The van der Waals surface area contributed by atoms with Gasteiger partial charge in [-0.05, 0) is 66.7 Å². The van der Waals surface area contributed by atoms with Gasteiger partial charge in [-0.15, -0.1) is 0 Å². The van der Waals surface area contributed by atoms with Crippen LogP contribution in [0, 0.1) is 11.3 Å². The summed E-state index contributed by atoms with van der Waals surface area (Å²) in [6.45, 7) is 0. The van der Waals surface area contributed by atoms with Crippen molar-refractivity contribution in [1.82, 2.24) is 4.98 Å².